The lowest BCUT2D eigenvalue weighted by Crippen LogP contribution is -2.19. The molecule has 1 aromatic heterocycles. The molecular formula is C23H20N4O. The van der Waals surface area contributed by atoms with Crippen molar-refractivity contribution in [2.75, 3.05) is 0 Å². The Morgan fingerprint density at radius 1 is 1.00 bits per heavy atom. The molecule has 0 aliphatic rings. The second kappa shape index (κ2) is 7.48. The average Bonchev–Trinajstić information content (AvgIpc) is 3.22. The smallest absolute Gasteiger partial charge is 0.272 e. The molecule has 1 heterocycles. The summed E-state index contributed by atoms with van der Waals surface area (Å²) in [6.07, 6.45) is 0. The van der Waals surface area contributed by atoms with Gasteiger partial charge in [0.1, 0.15) is 5.69 Å². The molecule has 28 heavy (non-hydrogen) atoms. The van der Waals surface area contributed by atoms with E-state index in [-0.39, 0.29) is 5.91 Å². The molecule has 0 fully saturated rings. The van der Waals surface area contributed by atoms with Gasteiger partial charge in [-0.2, -0.15) is 10.2 Å². The number of amides is 1. The van der Waals surface area contributed by atoms with Crippen LogP contribution >= 0.6 is 0 Å². The Bertz CT molecular complexity index is 1170. The molecule has 0 unspecified atom stereocenters. The van der Waals surface area contributed by atoms with E-state index in [1.165, 1.54) is 5.56 Å². The van der Waals surface area contributed by atoms with Crippen molar-refractivity contribution in [1.29, 1.82) is 0 Å². The third kappa shape index (κ3) is 3.55. The van der Waals surface area contributed by atoms with Crippen LogP contribution in [0, 0.1) is 6.92 Å². The number of rotatable bonds is 4. The summed E-state index contributed by atoms with van der Waals surface area (Å²) in [4.78, 5) is 12.5. The van der Waals surface area contributed by atoms with Crippen LogP contribution in [0.2, 0.25) is 0 Å². The van der Waals surface area contributed by atoms with E-state index in [2.05, 4.69) is 32.9 Å². The lowest BCUT2D eigenvalue weighted by Gasteiger charge is -2.06. The minimum Gasteiger partial charge on any atom is -0.272 e. The van der Waals surface area contributed by atoms with Gasteiger partial charge in [-0.15, -0.1) is 0 Å². The number of fused-ring (bicyclic) bond motifs is 1. The molecule has 0 saturated heterocycles. The van der Waals surface area contributed by atoms with Gasteiger partial charge < -0.3 is 0 Å². The van der Waals surface area contributed by atoms with E-state index in [4.69, 9.17) is 0 Å². The van der Waals surface area contributed by atoms with Crippen molar-refractivity contribution in [2.24, 2.45) is 5.10 Å². The highest BCUT2D eigenvalue weighted by Gasteiger charge is 2.11. The Kier molecular flexibility index (Phi) is 4.72. The number of carbonyl (C=O) groups is 1. The van der Waals surface area contributed by atoms with Crippen molar-refractivity contribution in [2.45, 2.75) is 13.8 Å². The standard InChI is InChI=1S/C23H20N4O/c1-15-10-12-18(13-11-15)21-14-22(26-25-21)23(28)27-24-16(2)19-9-5-7-17-6-3-4-8-20(17)19/h3-14H,1-2H3,(H,25,26)(H,27,28). The van der Waals surface area contributed by atoms with E-state index < -0.39 is 0 Å². The molecule has 4 aromatic rings. The van der Waals surface area contributed by atoms with Gasteiger partial charge in [0.25, 0.3) is 5.91 Å². The van der Waals surface area contributed by atoms with E-state index in [1.807, 2.05) is 68.4 Å². The number of hydrogen-bond acceptors (Lipinski definition) is 3. The van der Waals surface area contributed by atoms with E-state index in [9.17, 15) is 4.79 Å². The molecule has 1 amide bonds. The molecule has 4 rings (SSSR count). The van der Waals surface area contributed by atoms with Crippen LogP contribution < -0.4 is 5.43 Å². The van der Waals surface area contributed by atoms with E-state index >= 15 is 0 Å². The van der Waals surface area contributed by atoms with Crippen molar-refractivity contribution in [3.05, 3.63) is 89.6 Å². The summed E-state index contributed by atoms with van der Waals surface area (Å²) in [7, 11) is 0. The Hall–Kier alpha value is -3.73. The summed E-state index contributed by atoms with van der Waals surface area (Å²) in [5.41, 5.74) is 7.56. The first-order valence-corrected chi connectivity index (χ1v) is 9.07. The SMILES string of the molecule is CC(=NNC(=O)c1cc(-c2ccc(C)cc2)n[nH]1)c1cccc2ccccc12. The van der Waals surface area contributed by atoms with Crippen LogP contribution in [0.5, 0.6) is 0 Å². The third-order valence-corrected chi connectivity index (χ3v) is 4.67. The number of aromatic nitrogens is 2. The van der Waals surface area contributed by atoms with Crippen molar-refractivity contribution >= 4 is 22.4 Å². The summed E-state index contributed by atoms with van der Waals surface area (Å²) in [6.45, 7) is 3.91. The zero-order valence-electron chi connectivity index (χ0n) is 15.7. The summed E-state index contributed by atoms with van der Waals surface area (Å²) >= 11 is 0. The van der Waals surface area contributed by atoms with Crippen molar-refractivity contribution < 1.29 is 4.79 Å². The minimum atomic E-state index is -0.328. The number of hydrogen-bond donors (Lipinski definition) is 2. The first-order valence-electron chi connectivity index (χ1n) is 9.07. The number of nitrogens with one attached hydrogen (secondary N) is 2. The maximum Gasteiger partial charge on any atom is 0.289 e. The summed E-state index contributed by atoms with van der Waals surface area (Å²) in [5, 5.41) is 13.5. The second-order valence-corrected chi connectivity index (χ2v) is 6.70. The maximum absolute atomic E-state index is 12.5. The second-order valence-electron chi connectivity index (χ2n) is 6.70. The van der Waals surface area contributed by atoms with Crippen molar-refractivity contribution in [1.82, 2.24) is 15.6 Å². The van der Waals surface area contributed by atoms with Crippen molar-refractivity contribution in [3.8, 4) is 11.3 Å². The first kappa shape index (κ1) is 17.7. The molecule has 5 heteroatoms. The number of aromatic amines is 1. The zero-order chi connectivity index (χ0) is 19.5. The molecular weight excluding hydrogens is 348 g/mol. The topological polar surface area (TPSA) is 70.1 Å². The van der Waals surface area contributed by atoms with E-state index in [1.54, 1.807) is 6.07 Å². The molecule has 0 radical (unpaired) electrons. The number of aryl methyl sites for hydroxylation is 1. The van der Waals surface area contributed by atoms with Gasteiger partial charge in [0, 0.05) is 11.1 Å². The van der Waals surface area contributed by atoms with Gasteiger partial charge in [-0.25, -0.2) is 5.43 Å². The summed E-state index contributed by atoms with van der Waals surface area (Å²) in [6, 6.07) is 23.9. The molecule has 0 bridgehead atoms. The Morgan fingerprint density at radius 3 is 2.57 bits per heavy atom. The third-order valence-electron chi connectivity index (χ3n) is 4.67. The van der Waals surface area contributed by atoms with Gasteiger partial charge in [-0.1, -0.05) is 72.3 Å². The molecule has 0 saturated carbocycles. The summed E-state index contributed by atoms with van der Waals surface area (Å²) in [5.74, 6) is -0.328. The highest BCUT2D eigenvalue weighted by molar-refractivity contribution is 6.10. The molecule has 0 aliphatic carbocycles. The van der Waals surface area contributed by atoms with Crippen molar-refractivity contribution in [3.63, 3.8) is 0 Å². The Labute approximate surface area is 163 Å². The van der Waals surface area contributed by atoms with Gasteiger partial charge in [-0.3, -0.25) is 9.89 Å². The van der Waals surface area contributed by atoms with Gasteiger partial charge in [0.15, 0.2) is 0 Å². The lowest BCUT2D eigenvalue weighted by atomic mass is 10.0. The number of H-pyrrole nitrogens is 1. The number of carbonyl (C=O) groups excluding carboxylic acids is 1. The fourth-order valence-corrected chi connectivity index (χ4v) is 3.11. The lowest BCUT2D eigenvalue weighted by molar-refractivity contribution is 0.0950. The van der Waals surface area contributed by atoms with Crippen LogP contribution in [-0.2, 0) is 0 Å². The largest absolute Gasteiger partial charge is 0.289 e. The quantitative estimate of drug-likeness (QED) is 0.405. The number of hydrazone groups is 1. The van der Waals surface area contributed by atoms with Crippen LogP contribution in [0.3, 0.4) is 0 Å². The van der Waals surface area contributed by atoms with Gasteiger partial charge in [0.2, 0.25) is 0 Å². The first-order chi connectivity index (χ1) is 13.6. The van der Waals surface area contributed by atoms with E-state index in [0.717, 1.165) is 33.3 Å². The maximum atomic E-state index is 12.5. The molecule has 0 spiro atoms. The van der Waals surface area contributed by atoms with Gasteiger partial charge in [-0.05, 0) is 30.7 Å². The Balaban J connectivity index is 1.53. The van der Waals surface area contributed by atoms with Crippen LogP contribution in [0.25, 0.3) is 22.0 Å². The highest BCUT2D eigenvalue weighted by atomic mass is 16.2. The van der Waals surface area contributed by atoms with Crippen LogP contribution in [0.4, 0.5) is 0 Å². The Morgan fingerprint density at radius 2 is 1.75 bits per heavy atom. The van der Waals surface area contributed by atoms with E-state index in [0.29, 0.717) is 5.69 Å². The molecule has 0 aliphatic heterocycles. The molecule has 3 aromatic carbocycles. The van der Waals surface area contributed by atoms with Crippen LogP contribution in [0.1, 0.15) is 28.5 Å². The fraction of sp³-hybridized carbons (Fsp3) is 0.0870. The molecule has 138 valence electrons. The van der Waals surface area contributed by atoms with Crippen LogP contribution in [0.15, 0.2) is 77.9 Å². The fourth-order valence-electron chi connectivity index (χ4n) is 3.11. The van der Waals surface area contributed by atoms with Gasteiger partial charge >= 0.3 is 0 Å². The van der Waals surface area contributed by atoms with Gasteiger partial charge in [0.05, 0.1) is 11.4 Å². The molecule has 5 nitrogen and oxygen atoms in total. The van der Waals surface area contributed by atoms with Crippen LogP contribution in [-0.4, -0.2) is 21.8 Å². The highest BCUT2D eigenvalue weighted by Crippen LogP contribution is 2.20. The number of benzene rings is 3. The normalized spacial score (nSPS) is 11.6. The number of nitrogens with zero attached hydrogens (tertiary/aromatic N) is 2. The summed E-state index contributed by atoms with van der Waals surface area (Å²) < 4.78 is 0. The predicted octanol–water partition coefficient (Wildman–Crippen LogP) is 4.69. The minimum absolute atomic E-state index is 0.328. The molecule has 2 N–H and O–H groups in total. The average molecular weight is 368 g/mol. The molecule has 0 atom stereocenters. The predicted molar refractivity (Wildman–Crippen MR) is 112 cm³/mol. The monoisotopic (exact) mass is 368 g/mol. The zero-order valence-corrected chi connectivity index (χ0v) is 15.7.